The molecule has 1 aliphatic carbocycles. The van der Waals surface area contributed by atoms with Gasteiger partial charge in [-0.05, 0) is 54.3 Å². The highest BCUT2D eigenvalue weighted by Crippen LogP contribution is 2.34. The minimum atomic E-state index is -1.02. The second-order valence-electron chi connectivity index (χ2n) is 7.15. The summed E-state index contributed by atoms with van der Waals surface area (Å²) in [6, 6.07) is 12.1. The Hall–Kier alpha value is -3.48. The molecule has 1 aliphatic rings. The van der Waals surface area contributed by atoms with Gasteiger partial charge in [0.15, 0.2) is 5.82 Å². The molecule has 0 radical (unpaired) electrons. The fraction of sp³-hybridized carbons (Fsp3) is 0.190. The Bertz CT molecular complexity index is 1180. The van der Waals surface area contributed by atoms with Gasteiger partial charge in [-0.3, -0.25) is 9.89 Å². The van der Waals surface area contributed by atoms with Crippen LogP contribution in [0.3, 0.4) is 0 Å². The lowest BCUT2D eigenvalue weighted by atomic mass is 9.98. The number of carbonyl (C=O) groups is 1. The predicted molar refractivity (Wildman–Crippen MR) is 105 cm³/mol. The second-order valence-corrected chi connectivity index (χ2v) is 7.15. The summed E-state index contributed by atoms with van der Waals surface area (Å²) in [4.78, 5) is 16.3. The number of alkyl halides is 1. The zero-order valence-electron chi connectivity index (χ0n) is 15.2. The maximum atomic E-state index is 13.1. The molecule has 28 heavy (non-hydrogen) atoms. The van der Waals surface area contributed by atoms with E-state index in [2.05, 4.69) is 45.6 Å². The molecular formula is C21H18FN5O. The Morgan fingerprint density at radius 1 is 1.21 bits per heavy atom. The van der Waals surface area contributed by atoms with Crippen molar-refractivity contribution in [3.63, 3.8) is 0 Å². The van der Waals surface area contributed by atoms with Gasteiger partial charge in [0, 0.05) is 18.0 Å². The van der Waals surface area contributed by atoms with E-state index < -0.39 is 12.1 Å². The molecule has 0 spiro atoms. The monoisotopic (exact) mass is 375 g/mol. The lowest BCUT2D eigenvalue weighted by Crippen LogP contribution is -2.15. The minimum Gasteiger partial charge on any atom is -0.309 e. The average Bonchev–Trinajstić information content (AvgIpc) is 3.09. The molecule has 140 valence electrons. The number of fused-ring (bicyclic) bond motifs is 1. The van der Waals surface area contributed by atoms with Gasteiger partial charge < -0.3 is 9.72 Å². The Labute approximate surface area is 160 Å². The zero-order chi connectivity index (χ0) is 19.3. The van der Waals surface area contributed by atoms with Crippen LogP contribution in [0.15, 0.2) is 55.0 Å². The van der Waals surface area contributed by atoms with Crippen LogP contribution in [0.1, 0.15) is 12.0 Å². The molecule has 0 saturated heterocycles. The van der Waals surface area contributed by atoms with Gasteiger partial charge in [-0.15, -0.1) is 0 Å². The number of aromatic nitrogens is 4. The summed E-state index contributed by atoms with van der Waals surface area (Å²) in [7, 11) is 0. The number of nitrogens with zero attached hydrogens (tertiary/aromatic N) is 3. The van der Waals surface area contributed by atoms with Crippen molar-refractivity contribution in [3.8, 4) is 22.4 Å². The first-order valence-corrected chi connectivity index (χ1v) is 9.13. The number of rotatable bonds is 4. The predicted octanol–water partition coefficient (Wildman–Crippen LogP) is 4.00. The van der Waals surface area contributed by atoms with Crippen LogP contribution in [0, 0.1) is 12.8 Å². The number of hydrogen-bond acceptors (Lipinski definition) is 3. The SMILES string of the molecule is Cc1ccc(-c2cc[nH]n2)cc1-c1ccc2nc(NC(=O)[C@@H]3C[C@@H]3F)cn2c1. The number of aromatic amines is 1. The highest BCUT2D eigenvalue weighted by molar-refractivity contribution is 5.94. The number of halogens is 1. The molecule has 1 saturated carbocycles. The van der Waals surface area contributed by atoms with Gasteiger partial charge in [-0.25, -0.2) is 9.37 Å². The summed E-state index contributed by atoms with van der Waals surface area (Å²) < 4.78 is 14.9. The summed E-state index contributed by atoms with van der Waals surface area (Å²) >= 11 is 0. The van der Waals surface area contributed by atoms with Crippen molar-refractivity contribution in [1.82, 2.24) is 19.6 Å². The summed E-state index contributed by atoms with van der Waals surface area (Å²) in [5.74, 6) is -0.408. The molecule has 2 atom stereocenters. The number of pyridine rings is 1. The Kier molecular flexibility index (Phi) is 3.75. The summed E-state index contributed by atoms with van der Waals surface area (Å²) in [5, 5.41) is 9.79. The van der Waals surface area contributed by atoms with Crippen LogP contribution in [0.25, 0.3) is 28.0 Å². The minimum absolute atomic E-state index is 0.301. The molecule has 0 bridgehead atoms. The number of aryl methyl sites for hydroxylation is 1. The molecule has 1 fully saturated rings. The standard InChI is InChI=1S/C21H18FN5O/c1-12-2-3-13(18-6-7-23-26-18)8-15(12)14-4-5-20-24-19(11-27(20)10-14)25-21(28)16-9-17(16)22/h2-8,10-11,16-17H,9H2,1H3,(H,23,26)(H,25,28)/t16-,17+/m1/s1. The van der Waals surface area contributed by atoms with Crippen LogP contribution in [0.4, 0.5) is 10.2 Å². The van der Waals surface area contributed by atoms with Gasteiger partial charge in [0.1, 0.15) is 11.8 Å². The number of benzene rings is 1. The number of nitrogens with one attached hydrogen (secondary N) is 2. The number of amides is 1. The van der Waals surface area contributed by atoms with Crippen LogP contribution in [-0.2, 0) is 4.79 Å². The quantitative estimate of drug-likeness (QED) is 0.566. The van der Waals surface area contributed by atoms with Crippen molar-refractivity contribution in [3.05, 3.63) is 60.6 Å². The van der Waals surface area contributed by atoms with Crippen LogP contribution in [0.5, 0.6) is 0 Å². The molecular weight excluding hydrogens is 357 g/mol. The van der Waals surface area contributed by atoms with Gasteiger partial charge in [-0.2, -0.15) is 5.10 Å². The van der Waals surface area contributed by atoms with Crippen molar-refractivity contribution in [2.24, 2.45) is 5.92 Å². The molecule has 5 rings (SSSR count). The first-order chi connectivity index (χ1) is 13.6. The molecule has 1 aromatic carbocycles. The first-order valence-electron chi connectivity index (χ1n) is 9.13. The van der Waals surface area contributed by atoms with E-state index in [0.717, 1.165) is 27.9 Å². The number of H-pyrrole nitrogens is 1. The summed E-state index contributed by atoms with van der Waals surface area (Å²) in [6.07, 6.45) is 4.81. The highest BCUT2D eigenvalue weighted by Gasteiger charge is 2.43. The van der Waals surface area contributed by atoms with Gasteiger partial charge in [-0.1, -0.05) is 12.1 Å². The summed E-state index contributed by atoms with van der Waals surface area (Å²) in [6.45, 7) is 2.07. The lowest BCUT2D eigenvalue weighted by Gasteiger charge is -2.09. The van der Waals surface area contributed by atoms with E-state index in [1.54, 1.807) is 12.4 Å². The van der Waals surface area contributed by atoms with Crippen LogP contribution < -0.4 is 5.32 Å². The van der Waals surface area contributed by atoms with E-state index in [4.69, 9.17) is 0 Å². The van der Waals surface area contributed by atoms with E-state index in [-0.39, 0.29) is 5.91 Å². The number of carbonyl (C=O) groups excluding carboxylic acids is 1. The smallest absolute Gasteiger partial charge is 0.231 e. The second kappa shape index (κ2) is 6.30. The van der Waals surface area contributed by atoms with Gasteiger partial charge >= 0.3 is 0 Å². The Morgan fingerprint density at radius 3 is 2.79 bits per heavy atom. The van der Waals surface area contributed by atoms with E-state index in [0.29, 0.717) is 17.9 Å². The Morgan fingerprint density at radius 2 is 2.04 bits per heavy atom. The number of hydrogen-bond donors (Lipinski definition) is 2. The molecule has 0 aliphatic heterocycles. The molecule has 6 nitrogen and oxygen atoms in total. The normalized spacial score (nSPS) is 18.4. The molecule has 4 aromatic rings. The molecule has 7 heteroatoms. The van der Waals surface area contributed by atoms with Crippen LogP contribution in [0.2, 0.25) is 0 Å². The van der Waals surface area contributed by atoms with Crippen molar-refractivity contribution >= 4 is 17.4 Å². The molecule has 3 heterocycles. The average molecular weight is 375 g/mol. The topological polar surface area (TPSA) is 75.1 Å². The van der Waals surface area contributed by atoms with Gasteiger partial charge in [0.25, 0.3) is 0 Å². The van der Waals surface area contributed by atoms with E-state index in [1.807, 2.05) is 28.8 Å². The molecule has 1 amide bonds. The van der Waals surface area contributed by atoms with Crippen molar-refractivity contribution < 1.29 is 9.18 Å². The van der Waals surface area contributed by atoms with E-state index >= 15 is 0 Å². The highest BCUT2D eigenvalue weighted by atomic mass is 19.1. The third kappa shape index (κ3) is 2.94. The fourth-order valence-corrected chi connectivity index (χ4v) is 3.38. The first kappa shape index (κ1) is 16.7. The maximum Gasteiger partial charge on any atom is 0.231 e. The summed E-state index contributed by atoms with van der Waals surface area (Å²) in [5.41, 5.74) is 5.92. The number of imidazole rings is 1. The molecule has 0 unspecified atom stereocenters. The lowest BCUT2D eigenvalue weighted by molar-refractivity contribution is -0.117. The van der Waals surface area contributed by atoms with E-state index in [9.17, 15) is 9.18 Å². The fourth-order valence-electron chi connectivity index (χ4n) is 3.38. The largest absolute Gasteiger partial charge is 0.309 e. The van der Waals surface area contributed by atoms with Crippen molar-refractivity contribution in [2.75, 3.05) is 5.32 Å². The zero-order valence-corrected chi connectivity index (χ0v) is 15.2. The Balaban J connectivity index is 1.48. The van der Waals surface area contributed by atoms with Gasteiger partial charge in [0.2, 0.25) is 5.91 Å². The van der Waals surface area contributed by atoms with Crippen molar-refractivity contribution in [1.29, 1.82) is 0 Å². The van der Waals surface area contributed by atoms with E-state index in [1.165, 1.54) is 0 Å². The number of anilines is 1. The maximum absolute atomic E-state index is 13.1. The molecule has 2 N–H and O–H groups in total. The van der Waals surface area contributed by atoms with Gasteiger partial charge in [0.05, 0.1) is 17.8 Å². The van der Waals surface area contributed by atoms with Crippen molar-refractivity contribution in [2.45, 2.75) is 19.5 Å². The third-order valence-corrected chi connectivity index (χ3v) is 5.10. The molecule has 3 aromatic heterocycles. The third-order valence-electron chi connectivity index (χ3n) is 5.10. The van der Waals surface area contributed by atoms with Crippen LogP contribution >= 0.6 is 0 Å². The van der Waals surface area contributed by atoms with Crippen LogP contribution in [-0.4, -0.2) is 31.7 Å².